The van der Waals surface area contributed by atoms with E-state index in [1.54, 1.807) is 13.0 Å². The van der Waals surface area contributed by atoms with Crippen molar-refractivity contribution >= 4 is 21.9 Å². The molecular weight excluding hydrogens is 248 g/mol. The molecule has 0 aliphatic carbocycles. The highest BCUT2D eigenvalue weighted by atomic mass is 79.9. The Bertz CT molecular complexity index is 361. The number of rotatable bonds is 3. The fourth-order valence-electron chi connectivity index (χ4n) is 1.27. The smallest absolute Gasteiger partial charge is 0.336 e. The van der Waals surface area contributed by atoms with E-state index in [9.17, 15) is 4.79 Å². The fourth-order valence-corrected chi connectivity index (χ4v) is 1.71. The lowest BCUT2D eigenvalue weighted by atomic mass is 10.0. The molecule has 76 valence electrons. The summed E-state index contributed by atoms with van der Waals surface area (Å²) in [7, 11) is 1.53. The number of alkyl halides is 1. The molecule has 0 bridgehead atoms. The molecule has 0 aliphatic heterocycles. The highest BCUT2D eigenvalue weighted by molar-refractivity contribution is 9.08. The van der Waals surface area contributed by atoms with Gasteiger partial charge in [0.2, 0.25) is 0 Å². The molecule has 0 fully saturated rings. The molecule has 1 aromatic carbocycles. The van der Waals surface area contributed by atoms with Crippen molar-refractivity contribution in [2.24, 2.45) is 0 Å². The number of ether oxygens (including phenoxy) is 1. The number of methoxy groups -OCH3 is 1. The number of aromatic carboxylic acids is 1. The van der Waals surface area contributed by atoms with Gasteiger partial charge in [0, 0.05) is 10.9 Å². The van der Waals surface area contributed by atoms with Crippen molar-refractivity contribution in [3.8, 4) is 5.75 Å². The van der Waals surface area contributed by atoms with Crippen LogP contribution in [0.25, 0.3) is 0 Å². The largest absolute Gasteiger partial charge is 0.496 e. The highest BCUT2D eigenvalue weighted by Gasteiger charge is 2.11. The zero-order valence-corrected chi connectivity index (χ0v) is 9.59. The highest BCUT2D eigenvalue weighted by Crippen LogP contribution is 2.25. The lowest BCUT2D eigenvalue weighted by Gasteiger charge is -2.09. The molecule has 0 spiro atoms. The zero-order valence-electron chi connectivity index (χ0n) is 8.00. The summed E-state index contributed by atoms with van der Waals surface area (Å²) < 4.78 is 5.09. The molecule has 4 heteroatoms. The Hall–Kier alpha value is -1.03. The van der Waals surface area contributed by atoms with E-state index < -0.39 is 5.97 Å². The number of halogens is 1. The molecular formula is C10H11BrO3. The van der Waals surface area contributed by atoms with Gasteiger partial charge in [-0.2, -0.15) is 0 Å². The first-order valence-corrected chi connectivity index (χ1v) is 5.19. The average molecular weight is 259 g/mol. The first-order valence-electron chi connectivity index (χ1n) is 4.07. The van der Waals surface area contributed by atoms with E-state index in [-0.39, 0.29) is 5.56 Å². The predicted octanol–water partition coefficient (Wildman–Crippen LogP) is 2.60. The standard InChI is InChI=1S/C10H11BrO3/c1-6-3-7(5-11)9(14-2)4-8(6)10(12)13/h3-4H,5H2,1-2H3,(H,12,13). The molecule has 14 heavy (non-hydrogen) atoms. The Balaban J connectivity index is 3.30. The number of carboxylic acid groups (broad SMARTS) is 1. The van der Waals surface area contributed by atoms with Gasteiger partial charge < -0.3 is 9.84 Å². The second kappa shape index (κ2) is 4.46. The molecule has 0 aliphatic rings. The van der Waals surface area contributed by atoms with Crippen molar-refractivity contribution in [1.82, 2.24) is 0 Å². The SMILES string of the molecule is COc1cc(C(=O)O)c(C)cc1CBr. The van der Waals surface area contributed by atoms with E-state index in [1.807, 2.05) is 6.07 Å². The lowest BCUT2D eigenvalue weighted by Crippen LogP contribution is -2.02. The second-order valence-corrected chi connectivity index (χ2v) is 3.48. The van der Waals surface area contributed by atoms with Crippen molar-refractivity contribution < 1.29 is 14.6 Å². The van der Waals surface area contributed by atoms with Crippen LogP contribution in [0.5, 0.6) is 5.75 Å². The van der Waals surface area contributed by atoms with Crippen molar-refractivity contribution in [2.45, 2.75) is 12.3 Å². The Morgan fingerprint density at radius 1 is 1.57 bits per heavy atom. The summed E-state index contributed by atoms with van der Waals surface area (Å²) in [6, 6.07) is 3.37. The van der Waals surface area contributed by atoms with Gasteiger partial charge in [-0.15, -0.1) is 0 Å². The van der Waals surface area contributed by atoms with Crippen molar-refractivity contribution in [1.29, 1.82) is 0 Å². The van der Waals surface area contributed by atoms with Crippen molar-refractivity contribution in [3.05, 3.63) is 28.8 Å². The van der Waals surface area contributed by atoms with Crippen LogP contribution in [0.3, 0.4) is 0 Å². The molecule has 0 atom stereocenters. The summed E-state index contributed by atoms with van der Waals surface area (Å²) in [4.78, 5) is 10.8. The molecule has 0 saturated heterocycles. The topological polar surface area (TPSA) is 46.5 Å². The van der Waals surface area contributed by atoms with Gasteiger partial charge in [0.15, 0.2) is 0 Å². The minimum absolute atomic E-state index is 0.284. The van der Waals surface area contributed by atoms with Crippen LogP contribution in [0.15, 0.2) is 12.1 Å². The molecule has 3 nitrogen and oxygen atoms in total. The Kier molecular flexibility index (Phi) is 3.52. The van der Waals surface area contributed by atoms with E-state index in [4.69, 9.17) is 9.84 Å². The first kappa shape index (κ1) is 11.0. The summed E-state index contributed by atoms with van der Waals surface area (Å²) in [6.45, 7) is 1.77. The Morgan fingerprint density at radius 2 is 2.21 bits per heavy atom. The van der Waals surface area contributed by atoms with Gasteiger partial charge in [0.05, 0.1) is 12.7 Å². The van der Waals surface area contributed by atoms with E-state index in [1.165, 1.54) is 7.11 Å². The van der Waals surface area contributed by atoms with E-state index in [0.717, 1.165) is 11.1 Å². The minimum atomic E-state index is -0.929. The van der Waals surface area contributed by atoms with Crippen LogP contribution in [0.2, 0.25) is 0 Å². The van der Waals surface area contributed by atoms with Gasteiger partial charge in [-0.25, -0.2) is 4.79 Å². The van der Waals surface area contributed by atoms with Crippen LogP contribution >= 0.6 is 15.9 Å². The summed E-state index contributed by atoms with van der Waals surface area (Å²) in [5.74, 6) is -0.327. The summed E-state index contributed by atoms with van der Waals surface area (Å²) in [5.41, 5.74) is 1.98. The number of aryl methyl sites for hydroxylation is 1. The van der Waals surface area contributed by atoms with Crippen LogP contribution in [-0.2, 0) is 5.33 Å². The van der Waals surface area contributed by atoms with Gasteiger partial charge in [-0.3, -0.25) is 0 Å². The third-order valence-corrected chi connectivity index (χ3v) is 2.61. The number of carboxylic acids is 1. The zero-order chi connectivity index (χ0) is 10.7. The number of carbonyl (C=O) groups is 1. The molecule has 1 N–H and O–H groups in total. The number of benzene rings is 1. The Morgan fingerprint density at radius 3 is 2.64 bits per heavy atom. The van der Waals surface area contributed by atoms with Crippen LogP contribution < -0.4 is 4.74 Å². The van der Waals surface area contributed by atoms with Gasteiger partial charge in [0.25, 0.3) is 0 Å². The summed E-state index contributed by atoms with van der Waals surface area (Å²) in [5, 5.41) is 9.53. The monoisotopic (exact) mass is 258 g/mol. The van der Waals surface area contributed by atoms with Crippen molar-refractivity contribution in [2.75, 3.05) is 7.11 Å². The van der Waals surface area contributed by atoms with E-state index in [2.05, 4.69) is 15.9 Å². The van der Waals surface area contributed by atoms with Gasteiger partial charge in [-0.05, 0) is 18.6 Å². The maximum atomic E-state index is 10.8. The molecule has 0 aromatic heterocycles. The minimum Gasteiger partial charge on any atom is -0.496 e. The lowest BCUT2D eigenvalue weighted by molar-refractivity contribution is 0.0695. The molecule has 0 radical (unpaired) electrons. The Labute approximate surface area is 90.8 Å². The molecule has 0 saturated carbocycles. The third-order valence-electron chi connectivity index (χ3n) is 2.00. The van der Waals surface area contributed by atoms with Crippen LogP contribution in [0.1, 0.15) is 21.5 Å². The molecule has 0 unspecified atom stereocenters. The number of hydrogen-bond acceptors (Lipinski definition) is 2. The van der Waals surface area contributed by atoms with Crippen LogP contribution in [0.4, 0.5) is 0 Å². The molecule has 0 amide bonds. The van der Waals surface area contributed by atoms with Gasteiger partial charge in [0.1, 0.15) is 5.75 Å². The quantitative estimate of drug-likeness (QED) is 0.848. The van der Waals surface area contributed by atoms with Crippen molar-refractivity contribution in [3.63, 3.8) is 0 Å². The molecule has 1 rings (SSSR count). The third kappa shape index (κ3) is 2.07. The summed E-state index contributed by atoms with van der Waals surface area (Å²) >= 11 is 3.32. The summed E-state index contributed by atoms with van der Waals surface area (Å²) in [6.07, 6.45) is 0. The number of hydrogen-bond donors (Lipinski definition) is 1. The maximum absolute atomic E-state index is 10.8. The van der Waals surface area contributed by atoms with E-state index in [0.29, 0.717) is 11.1 Å². The average Bonchev–Trinajstić information content (AvgIpc) is 2.16. The van der Waals surface area contributed by atoms with Gasteiger partial charge >= 0.3 is 5.97 Å². The predicted molar refractivity (Wildman–Crippen MR) is 57.3 cm³/mol. The van der Waals surface area contributed by atoms with Crippen LogP contribution in [-0.4, -0.2) is 18.2 Å². The normalized spacial score (nSPS) is 9.93. The maximum Gasteiger partial charge on any atom is 0.336 e. The first-order chi connectivity index (χ1) is 6.60. The molecule has 0 heterocycles. The van der Waals surface area contributed by atoms with Crippen LogP contribution in [0, 0.1) is 6.92 Å². The van der Waals surface area contributed by atoms with E-state index >= 15 is 0 Å². The van der Waals surface area contributed by atoms with Gasteiger partial charge in [-0.1, -0.05) is 22.0 Å². The second-order valence-electron chi connectivity index (χ2n) is 2.92. The fraction of sp³-hybridized carbons (Fsp3) is 0.300. The molecule has 1 aromatic rings.